The maximum Gasteiger partial charge on any atom is 0.0980 e. The summed E-state index contributed by atoms with van der Waals surface area (Å²) in [5, 5.41) is 3.07. The molecule has 2 atom stereocenters. The van der Waals surface area contributed by atoms with Gasteiger partial charge in [0.2, 0.25) is 0 Å². The second-order valence-corrected chi connectivity index (χ2v) is 7.75. The lowest BCUT2D eigenvalue weighted by Crippen LogP contribution is -2.19. The Morgan fingerprint density at radius 2 is 2.30 bits per heavy atom. The number of hydrogen-bond donors (Lipinski definition) is 0. The summed E-state index contributed by atoms with van der Waals surface area (Å²) in [7, 11) is 0. The van der Waals surface area contributed by atoms with Crippen molar-refractivity contribution in [2.24, 2.45) is 0 Å². The largest absolute Gasteiger partial charge is 0.366 e. The Morgan fingerprint density at radius 1 is 1.35 bits per heavy atom. The molecule has 0 aliphatic carbocycles. The van der Waals surface area contributed by atoms with Gasteiger partial charge < -0.3 is 9.30 Å². The van der Waals surface area contributed by atoms with Gasteiger partial charge in [0.1, 0.15) is 0 Å². The van der Waals surface area contributed by atoms with Crippen molar-refractivity contribution in [2.45, 2.75) is 29.4 Å². The van der Waals surface area contributed by atoms with Gasteiger partial charge in [-0.3, -0.25) is 0 Å². The van der Waals surface area contributed by atoms with Gasteiger partial charge in [0.25, 0.3) is 0 Å². The first kappa shape index (κ1) is 15.2. The van der Waals surface area contributed by atoms with Crippen LogP contribution < -0.4 is 0 Å². The smallest absolute Gasteiger partial charge is 0.0980 e. The van der Waals surface area contributed by atoms with E-state index in [1.807, 2.05) is 47.3 Å². The normalized spacial score (nSPS) is 19.9. The molecule has 4 nitrogen and oxygen atoms in total. The van der Waals surface area contributed by atoms with Gasteiger partial charge in [-0.2, -0.15) is 0 Å². The highest BCUT2D eigenvalue weighted by Crippen LogP contribution is 2.47. The van der Waals surface area contributed by atoms with Crippen LogP contribution in [0.4, 0.5) is 0 Å². The van der Waals surface area contributed by atoms with E-state index in [2.05, 4.69) is 20.6 Å². The molecule has 0 amide bonds. The summed E-state index contributed by atoms with van der Waals surface area (Å²) in [6, 6.07) is 6.03. The average molecular weight is 364 g/mol. The Labute approximate surface area is 147 Å². The third-order valence-corrected chi connectivity index (χ3v) is 5.92. The molecule has 23 heavy (non-hydrogen) atoms. The van der Waals surface area contributed by atoms with E-state index in [0.29, 0.717) is 6.61 Å². The van der Waals surface area contributed by atoms with Gasteiger partial charge in [-0.1, -0.05) is 17.7 Å². The zero-order chi connectivity index (χ0) is 15.6. The van der Waals surface area contributed by atoms with E-state index >= 15 is 0 Å². The van der Waals surface area contributed by atoms with Crippen LogP contribution in [-0.4, -0.2) is 19.8 Å². The van der Waals surface area contributed by atoms with E-state index in [9.17, 15) is 0 Å². The number of ether oxygens (including phenoxy) is 1. The first-order chi connectivity index (χ1) is 11.3. The summed E-state index contributed by atoms with van der Waals surface area (Å²) in [6.45, 7) is 1.37. The maximum absolute atomic E-state index is 6.22. The van der Waals surface area contributed by atoms with Crippen molar-refractivity contribution in [2.75, 3.05) is 0 Å². The molecule has 1 aliphatic heterocycles. The molecule has 3 heterocycles. The van der Waals surface area contributed by atoms with Crippen LogP contribution in [0.1, 0.15) is 17.4 Å². The molecule has 0 spiro atoms. The predicted octanol–water partition coefficient (Wildman–Crippen LogP) is 4.43. The Balaban J connectivity index is 1.57. The minimum Gasteiger partial charge on any atom is -0.366 e. The molecule has 0 saturated heterocycles. The lowest BCUT2D eigenvalue weighted by molar-refractivity contribution is 0.0351. The molecule has 1 aromatic carbocycles. The van der Waals surface area contributed by atoms with E-state index < -0.39 is 0 Å². The maximum atomic E-state index is 6.22. The van der Waals surface area contributed by atoms with E-state index in [1.54, 1.807) is 17.5 Å². The first-order valence-electron chi connectivity index (χ1n) is 7.20. The molecule has 0 radical (unpaired) electrons. The van der Waals surface area contributed by atoms with Gasteiger partial charge in [-0.25, -0.2) is 9.97 Å². The quantitative estimate of drug-likeness (QED) is 0.672. The number of fused-ring (bicyclic) bond motifs is 1. The zero-order valence-corrected chi connectivity index (χ0v) is 14.5. The van der Waals surface area contributed by atoms with Gasteiger partial charge >= 0.3 is 0 Å². The number of rotatable bonds is 5. The molecule has 0 N–H and O–H groups in total. The fraction of sp³-hybridized carbons (Fsp3) is 0.250. The molecule has 4 rings (SSSR count). The van der Waals surface area contributed by atoms with Crippen molar-refractivity contribution < 1.29 is 4.74 Å². The van der Waals surface area contributed by atoms with Crippen LogP contribution in [0, 0.1) is 0 Å². The summed E-state index contributed by atoms with van der Waals surface area (Å²) in [6.07, 6.45) is 5.65. The number of hydrogen-bond acceptors (Lipinski definition) is 5. The molecule has 0 fully saturated rings. The molecular formula is C16H14ClN3OS2. The van der Waals surface area contributed by atoms with Crippen LogP contribution in [0.5, 0.6) is 0 Å². The molecule has 1 aliphatic rings. The topological polar surface area (TPSA) is 39.9 Å². The number of imidazole rings is 1. The number of nitrogens with zero attached hydrogens (tertiary/aromatic N) is 3. The van der Waals surface area contributed by atoms with Crippen molar-refractivity contribution in [1.29, 1.82) is 0 Å². The van der Waals surface area contributed by atoms with Crippen LogP contribution in [0.3, 0.4) is 0 Å². The van der Waals surface area contributed by atoms with E-state index in [1.165, 1.54) is 10.5 Å². The van der Waals surface area contributed by atoms with Gasteiger partial charge in [0.05, 0.1) is 35.5 Å². The molecule has 3 aromatic rings. The highest BCUT2D eigenvalue weighted by atomic mass is 35.5. The van der Waals surface area contributed by atoms with E-state index in [-0.39, 0.29) is 11.4 Å². The first-order valence-corrected chi connectivity index (χ1v) is 9.40. The fourth-order valence-corrected chi connectivity index (χ4v) is 4.90. The molecule has 0 saturated carbocycles. The summed E-state index contributed by atoms with van der Waals surface area (Å²) in [4.78, 5) is 9.62. The number of thioether (sulfide) groups is 1. The van der Waals surface area contributed by atoms with Crippen LogP contribution >= 0.6 is 34.7 Å². The van der Waals surface area contributed by atoms with Gasteiger partial charge in [0.15, 0.2) is 0 Å². The Kier molecular flexibility index (Phi) is 4.39. The Hall–Kier alpha value is -1.34. The molecule has 118 valence electrons. The average Bonchev–Trinajstić information content (AvgIpc) is 3.26. The Bertz CT molecular complexity index is 777. The molecule has 7 heteroatoms. The fourth-order valence-electron chi connectivity index (χ4n) is 2.69. The van der Waals surface area contributed by atoms with Gasteiger partial charge in [-0.15, -0.1) is 23.1 Å². The van der Waals surface area contributed by atoms with Crippen LogP contribution in [0.25, 0.3) is 0 Å². The highest BCUT2D eigenvalue weighted by Gasteiger charge is 2.34. The predicted molar refractivity (Wildman–Crippen MR) is 93.0 cm³/mol. The number of benzene rings is 1. The second kappa shape index (κ2) is 6.65. The molecule has 0 unspecified atom stereocenters. The number of halogens is 1. The third kappa shape index (κ3) is 3.30. The lowest BCUT2D eigenvalue weighted by atomic mass is 10.1. The SMILES string of the molecule is Clc1ccc2c(c1)S[C@H](Cn1ccnc1)[C@@H]2OCc1cscn1. The second-order valence-electron chi connectivity index (χ2n) is 5.31. The standard InChI is InChI=1S/C16H14ClN3OS2/c17-11-1-2-13-14(5-11)23-15(6-20-4-3-18-9-20)16(13)21-7-12-8-22-10-19-12/h1-5,8-10,15-16H,6-7H2/t15-,16-/m1/s1. The van der Waals surface area contributed by atoms with Crippen LogP contribution in [-0.2, 0) is 17.9 Å². The zero-order valence-electron chi connectivity index (χ0n) is 12.1. The lowest BCUT2D eigenvalue weighted by Gasteiger charge is -2.20. The van der Waals surface area contributed by atoms with Gasteiger partial charge in [0, 0.05) is 34.2 Å². The molecule has 0 bridgehead atoms. The molecule has 2 aromatic heterocycles. The Morgan fingerprint density at radius 3 is 3.09 bits per heavy atom. The van der Waals surface area contributed by atoms with Crippen molar-refractivity contribution >= 4 is 34.7 Å². The number of aromatic nitrogens is 3. The van der Waals surface area contributed by atoms with Crippen LogP contribution in [0.15, 0.2) is 52.7 Å². The van der Waals surface area contributed by atoms with Crippen molar-refractivity contribution in [1.82, 2.24) is 14.5 Å². The van der Waals surface area contributed by atoms with Crippen molar-refractivity contribution in [3.8, 4) is 0 Å². The summed E-state index contributed by atoms with van der Waals surface area (Å²) >= 11 is 9.55. The van der Waals surface area contributed by atoms with E-state index in [0.717, 1.165) is 17.3 Å². The van der Waals surface area contributed by atoms with Gasteiger partial charge in [-0.05, 0) is 17.7 Å². The monoisotopic (exact) mass is 363 g/mol. The summed E-state index contributed by atoms with van der Waals surface area (Å²) < 4.78 is 8.31. The highest BCUT2D eigenvalue weighted by molar-refractivity contribution is 8.00. The summed E-state index contributed by atoms with van der Waals surface area (Å²) in [5.74, 6) is 0. The van der Waals surface area contributed by atoms with Crippen LogP contribution in [0.2, 0.25) is 5.02 Å². The summed E-state index contributed by atoms with van der Waals surface area (Å²) in [5.41, 5.74) is 4.02. The van der Waals surface area contributed by atoms with Crippen molar-refractivity contribution in [3.05, 3.63) is 64.1 Å². The molecular weight excluding hydrogens is 350 g/mol. The third-order valence-electron chi connectivity index (χ3n) is 3.74. The number of thiazole rings is 1. The van der Waals surface area contributed by atoms with E-state index in [4.69, 9.17) is 16.3 Å². The minimum absolute atomic E-state index is 0.0244. The van der Waals surface area contributed by atoms with Crippen molar-refractivity contribution in [3.63, 3.8) is 0 Å². The minimum atomic E-state index is 0.0244.